The SMILES string of the molecule is CC1(C)C=CC(C)(O)/C=C2/C=C\C=C/C=C\C2=C1. The lowest BCUT2D eigenvalue weighted by molar-refractivity contribution is 0.162. The van der Waals surface area contributed by atoms with Crippen molar-refractivity contribution in [2.75, 3.05) is 0 Å². The van der Waals surface area contributed by atoms with Gasteiger partial charge in [0.05, 0.1) is 5.60 Å². The smallest absolute Gasteiger partial charge is 0.0989 e. The third-order valence-electron chi connectivity index (χ3n) is 3.04. The highest BCUT2D eigenvalue weighted by Gasteiger charge is 2.21. The van der Waals surface area contributed by atoms with Crippen molar-refractivity contribution in [3.05, 3.63) is 71.9 Å². The van der Waals surface area contributed by atoms with Crippen LogP contribution in [0, 0.1) is 5.41 Å². The number of hydrogen-bond donors (Lipinski definition) is 1. The first-order valence-corrected chi connectivity index (χ1v) is 6.28. The van der Waals surface area contributed by atoms with Crippen LogP contribution in [0.25, 0.3) is 0 Å². The lowest BCUT2D eigenvalue weighted by atomic mass is 9.83. The molecule has 18 heavy (non-hydrogen) atoms. The molecule has 2 rings (SSSR count). The number of aliphatic hydroxyl groups is 1. The van der Waals surface area contributed by atoms with E-state index in [1.54, 1.807) is 0 Å². The van der Waals surface area contributed by atoms with E-state index < -0.39 is 5.60 Å². The Kier molecular flexibility index (Phi) is 3.27. The second-order valence-electron chi connectivity index (χ2n) is 5.68. The standard InChI is InChI=1S/C17H20O/c1-16(2)10-11-17(3,18)13-15-9-7-5-4-6-8-14(15)12-16/h4-13,18H,1-3H3/b5-4-,8-6-,9-7-,11-10?,14-12?,15-13-. The summed E-state index contributed by atoms with van der Waals surface area (Å²) >= 11 is 0. The summed E-state index contributed by atoms with van der Waals surface area (Å²) < 4.78 is 0. The Morgan fingerprint density at radius 2 is 1.33 bits per heavy atom. The molecule has 0 amide bonds. The lowest BCUT2D eigenvalue weighted by Crippen LogP contribution is -2.21. The predicted octanol–water partition coefficient (Wildman–Crippen LogP) is 3.87. The summed E-state index contributed by atoms with van der Waals surface area (Å²) in [5, 5.41) is 10.3. The van der Waals surface area contributed by atoms with Gasteiger partial charge in [-0.2, -0.15) is 0 Å². The Labute approximate surface area is 109 Å². The predicted molar refractivity (Wildman–Crippen MR) is 77.1 cm³/mol. The summed E-state index contributed by atoms with van der Waals surface area (Å²) in [5.41, 5.74) is 1.22. The molecule has 0 saturated heterocycles. The molecule has 0 aliphatic heterocycles. The number of fused-ring (bicyclic) bond motifs is 1. The number of rotatable bonds is 0. The average Bonchev–Trinajstić information content (AvgIpc) is 2.24. The molecule has 0 saturated carbocycles. The average molecular weight is 240 g/mol. The van der Waals surface area contributed by atoms with Crippen LogP contribution in [0.15, 0.2) is 71.9 Å². The molecule has 1 heteroatoms. The van der Waals surface area contributed by atoms with Gasteiger partial charge in [0.25, 0.3) is 0 Å². The molecule has 0 aromatic carbocycles. The zero-order valence-electron chi connectivity index (χ0n) is 11.2. The maximum atomic E-state index is 10.3. The van der Waals surface area contributed by atoms with E-state index in [0.717, 1.165) is 11.1 Å². The van der Waals surface area contributed by atoms with Crippen molar-refractivity contribution in [2.45, 2.75) is 26.4 Å². The molecule has 94 valence electrons. The van der Waals surface area contributed by atoms with E-state index in [4.69, 9.17) is 0 Å². The fraction of sp³-hybridized carbons (Fsp3) is 0.294. The summed E-state index contributed by atoms with van der Waals surface area (Å²) in [7, 11) is 0. The van der Waals surface area contributed by atoms with Crippen LogP contribution >= 0.6 is 0 Å². The van der Waals surface area contributed by atoms with Gasteiger partial charge in [0.2, 0.25) is 0 Å². The molecular formula is C17H20O. The molecule has 0 radical (unpaired) electrons. The second kappa shape index (κ2) is 4.58. The molecular weight excluding hydrogens is 220 g/mol. The van der Waals surface area contributed by atoms with Gasteiger partial charge in [-0.3, -0.25) is 0 Å². The van der Waals surface area contributed by atoms with Crippen molar-refractivity contribution in [2.24, 2.45) is 5.41 Å². The maximum absolute atomic E-state index is 10.3. The Balaban J connectivity index is 2.61. The largest absolute Gasteiger partial charge is 0.382 e. The fourth-order valence-electron chi connectivity index (χ4n) is 2.10. The Hall–Kier alpha value is -1.60. The molecule has 0 aromatic rings. The normalized spacial score (nSPS) is 37.8. The van der Waals surface area contributed by atoms with Crippen molar-refractivity contribution in [3.63, 3.8) is 0 Å². The highest BCUT2D eigenvalue weighted by atomic mass is 16.3. The zero-order valence-corrected chi connectivity index (χ0v) is 11.2. The summed E-state index contributed by atoms with van der Waals surface area (Å²) in [4.78, 5) is 0. The first-order valence-electron chi connectivity index (χ1n) is 6.28. The van der Waals surface area contributed by atoms with Gasteiger partial charge in [-0.1, -0.05) is 68.5 Å². The van der Waals surface area contributed by atoms with E-state index in [1.165, 1.54) is 0 Å². The van der Waals surface area contributed by atoms with E-state index in [2.05, 4.69) is 32.1 Å². The molecule has 1 nitrogen and oxygen atoms in total. The highest BCUT2D eigenvalue weighted by molar-refractivity contribution is 5.52. The molecule has 1 atom stereocenters. The van der Waals surface area contributed by atoms with Crippen molar-refractivity contribution < 1.29 is 5.11 Å². The quantitative estimate of drug-likeness (QED) is 0.637. The van der Waals surface area contributed by atoms with Gasteiger partial charge < -0.3 is 5.11 Å². The van der Waals surface area contributed by atoms with Gasteiger partial charge in [-0.25, -0.2) is 0 Å². The zero-order chi connectivity index (χ0) is 13.2. The molecule has 0 aromatic heterocycles. The van der Waals surface area contributed by atoms with Crippen LogP contribution < -0.4 is 0 Å². The molecule has 0 fully saturated rings. The van der Waals surface area contributed by atoms with Gasteiger partial charge in [0.1, 0.15) is 0 Å². The van der Waals surface area contributed by atoms with Crippen molar-refractivity contribution in [1.29, 1.82) is 0 Å². The van der Waals surface area contributed by atoms with E-state index in [9.17, 15) is 5.11 Å². The van der Waals surface area contributed by atoms with Crippen LogP contribution in [-0.4, -0.2) is 10.7 Å². The van der Waals surface area contributed by atoms with E-state index in [1.807, 2.05) is 49.5 Å². The summed E-state index contributed by atoms with van der Waals surface area (Å²) in [6.45, 7) is 6.09. The molecule has 2 aliphatic carbocycles. The van der Waals surface area contributed by atoms with Crippen LogP contribution in [0.2, 0.25) is 0 Å². The number of hydrogen-bond acceptors (Lipinski definition) is 1. The molecule has 1 N–H and O–H groups in total. The first kappa shape index (κ1) is 12.8. The minimum atomic E-state index is -0.910. The Morgan fingerprint density at radius 3 is 1.94 bits per heavy atom. The molecule has 1 unspecified atom stereocenters. The summed E-state index contributed by atoms with van der Waals surface area (Å²) in [6, 6.07) is 0. The summed E-state index contributed by atoms with van der Waals surface area (Å²) in [5.74, 6) is 0. The molecule has 0 bridgehead atoms. The van der Waals surface area contributed by atoms with Crippen LogP contribution in [0.3, 0.4) is 0 Å². The molecule has 0 spiro atoms. The molecule has 2 aliphatic rings. The first-order chi connectivity index (χ1) is 8.38. The van der Waals surface area contributed by atoms with Crippen LogP contribution in [-0.2, 0) is 0 Å². The van der Waals surface area contributed by atoms with Crippen LogP contribution in [0.4, 0.5) is 0 Å². The lowest BCUT2D eigenvalue weighted by Gasteiger charge is -2.25. The summed E-state index contributed by atoms with van der Waals surface area (Å²) in [6.07, 6.45) is 20.2. The minimum Gasteiger partial charge on any atom is -0.382 e. The minimum absolute atomic E-state index is 0.0695. The van der Waals surface area contributed by atoms with Gasteiger partial charge in [-0.15, -0.1) is 0 Å². The Morgan fingerprint density at radius 1 is 0.778 bits per heavy atom. The second-order valence-corrected chi connectivity index (χ2v) is 5.68. The van der Waals surface area contributed by atoms with E-state index in [0.29, 0.717) is 0 Å². The van der Waals surface area contributed by atoms with Crippen molar-refractivity contribution in [3.8, 4) is 0 Å². The van der Waals surface area contributed by atoms with Gasteiger partial charge >= 0.3 is 0 Å². The topological polar surface area (TPSA) is 20.2 Å². The van der Waals surface area contributed by atoms with E-state index >= 15 is 0 Å². The highest BCUT2D eigenvalue weighted by Crippen LogP contribution is 2.31. The van der Waals surface area contributed by atoms with E-state index in [-0.39, 0.29) is 5.41 Å². The van der Waals surface area contributed by atoms with Crippen molar-refractivity contribution in [1.82, 2.24) is 0 Å². The van der Waals surface area contributed by atoms with Crippen LogP contribution in [0.5, 0.6) is 0 Å². The molecule has 0 heterocycles. The third kappa shape index (κ3) is 3.21. The Bertz CT molecular complexity index is 460. The monoisotopic (exact) mass is 240 g/mol. The maximum Gasteiger partial charge on any atom is 0.0989 e. The van der Waals surface area contributed by atoms with Gasteiger partial charge in [0.15, 0.2) is 0 Å². The fourth-order valence-corrected chi connectivity index (χ4v) is 2.10. The number of allylic oxidation sites excluding steroid dienone is 10. The van der Waals surface area contributed by atoms with Gasteiger partial charge in [-0.05, 0) is 24.1 Å². The van der Waals surface area contributed by atoms with Gasteiger partial charge in [0, 0.05) is 5.41 Å². The van der Waals surface area contributed by atoms with Crippen LogP contribution in [0.1, 0.15) is 20.8 Å². The third-order valence-corrected chi connectivity index (χ3v) is 3.04. The van der Waals surface area contributed by atoms with Crippen molar-refractivity contribution >= 4 is 0 Å².